The number of carbonyl (C=O) groups excluding carboxylic acids is 4. The Kier molecular flexibility index (Phi) is 6.28. The number of benzene rings is 2. The molecule has 2 atom stereocenters. The molecule has 182 valence electrons. The van der Waals surface area contributed by atoms with E-state index < -0.39 is 36.1 Å². The smallest absolute Gasteiger partial charge is 0.327 e. The van der Waals surface area contributed by atoms with Gasteiger partial charge in [-0.15, -0.1) is 0 Å². The van der Waals surface area contributed by atoms with E-state index in [2.05, 4.69) is 5.32 Å². The van der Waals surface area contributed by atoms with E-state index in [9.17, 15) is 19.2 Å². The number of piperidine rings is 1. The summed E-state index contributed by atoms with van der Waals surface area (Å²) in [6, 6.07) is 15.8. The quantitative estimate of drug-likeness (QED) is 0.530. The lowest BCUT2D eigenvalue weighted by atomic mass is 9.76. The first-order valence-corrected chi connectivity index (χ1v) is 12.3. The molecule has 0 radical (unpaired) electrons. The van der Waals surface area contributed by atoms with Crippen molar-refractivity contribution in [2.45, 2.75) is 50.2 Å². The predicted octanol–water partition coefficient (Wildman–Crippen LogP) is 3.07. The van der Waals surface area contributed by atoms with Crippen LogP contribution in [-0.4, -0.2) is 53.2 Å². The number of nitrogens with zero attached hydrogens (tertiary/aromatic N) is 2. The van der Waals surface area contributed by atoms with Gasteiger partial charge in [-0.25, -0.2) is 4.79 Å². The summed E-state index contributed by atoms with van der Waals surface area (Å²) in [7, 11) is 0. The van der Waals surface area contributed by atoms with Crippen LogP contribution in [0.4, 0.5) is 4.79 Å². The summed E-state index contributed by atoms with van der Waals surface area (Å²) in [5.74, 6) is -1.53. The molecule has 2 aliphatic heterocycles. The van der Waals surface area contributed by atoms with Crippen LogP contribution in [0.5, 0.6) is 0 Å². The molecule has 35 heavy (non-hydrogen) atoms. The number of esters is 1. The van der Waals surface area contributed by atoms with E-state index in [1.165, 1.54) is 0 Å². The molecule has 4 amide bonds. The van der Waals surface area contributed by atoms with Crippen LogP contribution in [0.3, 0.4) is 0 Å². The zero-order valence-corrected chi connectivity index (χ0v) is 19.6. The normalized spacial score (nSPS) is 22.5. The van der Waals surface area contributed by atoms with Crippen LogP contribution in [0.2, 0.25) is 0 Å². The number of ether oxygens (including phenoxy) is 1. The maximum absolute atomic E-state index is 13.5. The molecule has 2 unspecified atom stereocenters. The van der Waals surface area contributed by atoms with Gasteiger partial charge in [-0.1, -0.05) is 54.6 Å². The fourth-order valence-corrected chi connectivity index (χ4v) is 5.42. The average Bonchev–Trinajstić information content (AvgIpc) is 3.12. The van der Waals surface area contributed by atoms with E-state index in [0.29, 0.717) is 25.1 Å². The number of hydrogen-bond donors (Lipinski definition) is 1. The van der Waals surface area contributed by atoms with Gasteiger partial charge in [0.05, 0.1) is 0 Å². The van der Waals surface area contributed by atoms with Crippen molar-refractivity contribution in [2.75, 3.05) is 19.6 Å². The zero-order chi connectivity index (χ0) is 24.4. The van der Waals surface area contributed by atoms with Gasteiger partial charge in [0.1, 0.15) is 12.1 Å². The molecule has 1 spiro atoms. The van der Waals surface area contributed by atoms with Gasteiger partial charge in [-0.05, 0) is 49.7 Å². The van der Waals surface area contributed by atoms with Crippen molar-refractivity contribution in [3.8, 4) is 0 Å². The van der Waals surface area contributed by atoms with Crippen LogP contribution >= 0.6 is 0 Å². The third kappa shape index (κ3) is 4.29. The van der Waals surface area contributed by atoms with E-state index in [4.69, 9.17) is 4.74 Å². The number of nitrogens with one attached hydrogen (secondary N) is 1. The van der Waals surface area contributed by atoms with Crippen LogP contribution in [-0.2, 0) is 31.1 Å². The van der Waals surface area contributed by atoms with Crippen LogP contribution in [0.1, 0.15) is 54.9 Å². The Morgan fingerprint density at radius 3 is 2.43 bits per heavy atom. The van der Waals surface area contributed by atoms with Crippen LogP contribution < -0.4 is 5.32 Å². The molecule has 2 aromatic carbocycles. The van der Waals surface area contributed by atoms with Gasteiger partial charge in [0.2, 0.25) is 6.10 Å². The summed E-state index contributed by atoms with van der Waals surface area (Å²) >= 11 is 0. The molecule has 0 saturated carbocycles. The molecule has 2 heterocycles. The highest BCUT2D eigenvalue weighted by atomic mass is 16.5. The van der Waals surface area contributed by atoms with Crippen molar-refractivity contribution < 1.29 is 23.9 Å². The number of amides is 4. The molecule has 0 bridgehead atoms. The summed E-state index contributed by atoms with van der Waals surface area (Å²) in [6.07, 6.45) is 3.83. The minimum absolute atomic E-state index is 0.279. The number of fused-ring (bicyclic) bond motifs is 2. The fourth-order valence-electron chi connectivity index (χ4n) is 5.42. The second-order valence-electron chi connectivity index (χ2n) is 9.40. The monoisotopic (exact) mass is 475 g/mol. The first kappa shape index (κ1) is 23.1. The molecule has 1 N–H and O–H groups in total. The van der Waals surface area contributed by atoms with Gasteiger partial charge in [-0.3, -0.25) is 19.3 Å². The maximum atomic E-state index is 13.5. The SMILES string of the molecule is O=C(CN1C(=O)NC2(CCCc3ccccc32)C1=O)OC(C(=O)N1CCCCC1)c1ccccc1. The molecule has 8 nitrogen and oxygen atoms in total. The van der Waals surface area contributed by atoms with Crippen molar-refractivity contribution in [3.63, 3.8) is 0 Å². The van der Waals surface area contributed by atoms with Crippen LogP contribution in [0, 0.1) is 0 Å². The summed E-state index contributed by atoms with van der Waals surface area (Å²) in [6.45, 7) is 0.689. The minimum atomic E-state index is -1.16. The number of urea groups is 1. The summed E-state index contributed by atoms with van der Waals surface area (Å²) in [5.41, 5.74) is 1.21. The topological polar surface area (TPSA) is 96.0 Å². The lowest BCUT2D eigenvalue weighted by Gasteiger charge is -2.33. The molecular formula is C27H29N3O5. The van der Waals surface area contributed by atoms with Crippen molar-refractivity contribution in [3.05, 3.63) is 71.3 Å². The Morgan fingerprint density at radius 1 is 0.943 bits per heavy atom. The Morgan fingerprint density at radius 2 is 1.66 bits per heavy atom. The largest absolute Gasteiger partial charge is 0.446 e. The second-order valence-corrected chi connectivity index (χ2v) is 9.40. The third-order valence-corrected chi connectivity index (χ3v) is 7.18. The highest BCUT2D eigenvalue weighted by molar-refractivity contribution is 6.09. The maximum Gasteiger partial charge on any atom is 0.327 e. The lowest BCUT2D eigenvalue weighted by Crippen LogP contribution is -2.47. The van der Waals surface area contributed by atoms with Gasteiger partial charge in [-0.2, -0.15) is 0 Å². The number of aryl methyl sites for hydroxylation is 1. The third-order valence-electron chi connectivity index (χ3n) is 7.18. The zero-order valence-electron chi connectivity index (χ0n) is 19.6. The highest BCUT2D eigenvalue weighted by Gasteiger charge is 2.54. The van der Waals surface area contributed by atoms with Gasteiger partial charge >= 0.3 is 12.0 Å². The second kappa shape index (κ2) is 9.52. The molecule has 2 fully saturated rings. The van der Waals surface area contributed by atoms with Crippen molar-refractivity contribution in [2.24, 2.45) is 0 Å². The van der Waals surface area contributed by atoms with Gasteiger partial charge in [0.25, 0.3) is 11.8 Å². The van der Waals surface area contributed by atoms with Crippen LogP contribution in [0.15, 0.2) is 54.6 Å². The summed E-state index contributed by atoms with van der Waals surface area (Å²) in [5, 5.41) is 2.84. The standard InChI is InChI=1S/C27H29N3O5/c31-22(35-23(20-11-3-1-4-12-20)24(32)29-16-7-2-8-17-29)18-30-25(33)27(28-26(30)34)15-9-13-19-10-5-6-14-21(19)27/h1,3-6,10-12,14,23H,2,7-9,13,15-18H2,(H,28,34). The van der Waals surface area contributed by atoms with Crippen LogP contribution in [0.25, 0.3) is 0 Å². The number of rotatable bonds is 5. The van der Waals surface area contributed by atoms with E-state index in [0.717, 1.165) is 48.1 Å². The first-order valence-electron chi connectivity index (χ1n) is 12.3. The minimum Gasteiger partial charge on any atom is -0.446 e. The van der Waals surface area contributed by atoms with Crippen molar-refractivity contribution >= 4 is 23.8 Å². The Labute approximate surface area is 204 Å². The number of hydrogen-bond acceptors (Lipinski definition) is 5. The Hall–Kier alpha value is -3.68. The average molecular weight is 476 g/mol. The lowest BCUT2D eigenvalue weighted by molar-refractivity contribution is -0.162. The van der Waals surface area contributed by atoms with E-state index >= 15 is 0 Å². The predicted molar refractivity (Wildman–Crippen MR) is 127 cm³/mol. The Balaban J connectivity index is 1.34. The van der Waals surface area contributed by atoms with E-state index in [-0.39, 0.29) is 5.91 Å². The molecule has 2 aromatic rings. The fraction of sp³-hybridized carbons (Fsp3) is 0.407. The molecule has 1 aliphatic carbocycles. The summed E-state index contributed by atoms with van der Waals surface area (Å²) < 4.78 is 5.65. The van der Waals surface area contributed by atoms with Gasteiger partial charge < -0.3 is 15.0 Å². The van der Waals surface area contributed by atoms with Gasteiger partial charge in [0, 0.05) is 18.7 Å². The molecular weight excluding hydrogens is 446 g/mol. The Bertz CT molecular complexity index is 1140. The summed E-state index contributed by atoms with van der Waals surface area (Å²) in [4.78, 5) is 55.3. The van der Waals surface area contributed by atoms with E-state index in [1.807, 2.05) is 30.3 Å². The molecule has 8 heteroatoms. The van der Waals surface area contributed by atoms with Crippen molar-refractivity contribution in [1.29, 1.82) is 0 Å². The molecule has 2 saturated heterocycles. The number of carbonyl (C=O) groups is 4. The number of likely N-dealkylation sites (tertiary alicyclic amines) is 1. The molecule has 0 aromatic heterocycles. The van der Waals surface area contributed by atoms with Gasteiger partial charge in [0.15, 0.2) is 0 Å². The molecule has 3 aliphatic rings. The van der Waals surface area contributed by atoms with Crippen molar-refractivity contribution in [1.82, 2.24) is 15.1 Å². The highest BCUT2D eigenvalue weighted by Crippen LogP contribution is 2.40. The van der Waals surface area contributed by atoms with E-state index in [1.54, 1.807) is 29.2 Å². The first-order chi connectivity index (χ1) is 17.0. The molecule has 5 rings (SSSR count). The number of imide groups is 1.